The van der Waals surface area contributed by atoms with E-state index in [0.29, 0.717) is 10.2 Å². The summed E-state index contributed by atoms with van der Waals surface area (Å²) in [7, 11) is -2.26. The first-order chi connectivity index (χ1) is 6.38. The fourth-order valence-corrected chi connectivity index (χ4v) is 2.77. The van der Waals surface area contributed by atoms with Crippen LogP contribution in [0.4, 0.5) is 5.69 Å². The lowest BCUT2D eigenvalue weighted by atomic mass is 10.3. The maximum atomic E-state index is 11.5. The summed E-state index contributed by atoms with van der Waals surface area (Å²) in [5.74, 6) is 0. The number of benzene rings is 1. The van der Waals surface area contributed by atoms with Gasteiger partial charge >= 0.3 is 0 Å². The van der Waals surface area contributed by atoms with Crippen LogP contribution < -0.4 is 10.5 Å². The smallest absolute Gasteiger partial charge is 0.241 e. The lowest BCUT2D eigenvalue weighted by molar-refractivity contribution is 0.588. The van der Waals surface area contributed by atoms with Gasteiger partial charge in [-0.15, -0.1) is 0 Å². The van der Waals surface area contributed by atoms with E-state index in [-0.39, 0.29) is 9.92 Å². The van der Waals surface area contributed by atoms with Crippen molar-refractivity contribution in [3.05, 3.63) is 21.6 Å². The van der Waals surface area contributed by atoms with Gasteiger partial charge in [0, 0.05) is 10.2 Å². The molecule has 1 aromatic rings. The van der Waals surface area contributed by atoms with Crippen molar-refractivity contribution < 1.29 is 8.42 Å². The third-order valence-electron chi connectivity index (χ3n) is 1.58. The number of halogens is 2. The van der Waals surface area contributed by atoms with Gasteiger partial charge < -0.3 is 5.73 Å². The maximum Gasteiger partial charge on any atom is 0.241 e. The van der Waals surface area contributed by atoms with E-state index in [0.717, 1.165) is 0 Å². The summed E-state index contributed by atoms with van der Waals surface area (Å²) in [6, 6.07) is 2.84. The van der Waals surface area contributed by atoms with E-state index in [9.17, 15) is 8.42 Å². The molecule has 0 aromatic heterocycles. The lowest BCUT2D eigenvalue weighted by Gasteiger charge is -2.07. The molecular formula is C7H8BrClN2O2S. The quantitative estimate of drug-likeness (QED) is 0.815. The predicted octanol–water partition coefficient (Wildman–Crippen LogP) is 1.59. The Kier molecular flexibility index (Phi) is 3.41. The van der Waals surface area contributed by atoms with Gasteiger partial charge in [-0.25, -0.2) is 13.1 Å². The van der Waals surface area contributed by atoms with E-state index in [4.69, 9.17) is 17.3 Å². The van der Waals surface area contributed by atoms with E-state index in [1.54, 1.807) is 0 Å². The SMILES string of the molecule is CNS(=O)(=O)c1cc(N)cc(Br)c1Cl. The summed E-state index contributed by atoms with van der Waals surface area (Å²) in [5, 5.41) is 0.119. The number of nitrogens with two attached hydrogens (primary N) is 1. The van der Waals surface area contributed by atoms with Crippen LogP contribution in [-0.4, -0.2) is 15.5 Å². The summed E-state index contributed by atoms with van der Waals surface area (Å²) in [5.41, 5.74) is 5.83. The molecule has 0 aliphatic carbocycles. The number of anilines is 1. The summed E-state index contributed by atoms with van der Waals surface area (Å²) in [6.07, 6.45) is 0. The summed E-state index contributed by atoms with van der Waals surface area (Å²) in [6.45, 7) is 0. The van der Waals surface area contributed by atoms with E-state index in [1.165, 1.54) is 19.2 Å². The molecule has 0 aliphatic rings. The Bertz CT molecular complexity index is 461. The molecule has 0 saturated heterocycles. The summed E-state index contributed by atoms with van der Waals surface area (Å²) >= 11 is 8.92. The number of sulfonamides is 1. The van der Waals surface area contributed by atoms with Gasteiger partial charge in [0.25, 0.3) is 0 Å². The molecule has 7 heteroatoms. The second-order valence-electron chi connectivity index (χ2n) is 2.52. The van der Waals surface area contributed by atoms with Gasteiger partial charge in [0.05, 0.1) is 5.02 Å². The lowest BCUT2D eigenvalue weighted by Crippen LogP contribution is -2.19. The van der Waals surface area contributed by atoms with E-state index < -0.39 is 10.0 Å². The van der Waals surface area contributed by atoms with Crippen LogP contribution in [0, 0.1) is 0 Å². The first kappa shape index (κ1) is 11.8. The van der Waals surface area contributed by atoms with Gasteiger partial charge in [0.2, 0.25) is 10.0 Å². The predicted molar refractivity (Wildman–Crippen MR) is 59.8 cm³/mol. The van der Waals surface area contributed by atoms with Crippen LogP contribution in [0.2, 0.25) is 5.02 Å². The van der Waals surface area contributed by atoms with Gasteiger partial charge in [-0.2, -0.15) is 0 Å². The van der Waals surface area contributed by atoms with Crippen molar-refractivity contribution in [2.24, 2.45) is 0 Å². The van der Waals surface area contributed by atoms with E-state index >= 15 is 0 Å². The number of rotatable bonds is 2. The average Bonchev–Trinajstić information content (AvgIpc) is 2.11. The van der Waals surface area contributed by atoms with Crippen LogP contribution in [0.25, 0.3) is 0 Å². The molecule has 0 fully saturated rings. The van der Waals surface area contributed by atoms with E-state index in [1.807, 2.05) is 0 Å². The number of nitrogen functional groups attached to an aromatic ring is 1. The molecule has 0 aliphatic heterocycles. The monoisotopic (exact) mass is 298 g/mol. The second kappa shape index (κ2) is 4.06. The maximum absolute atomic E-state index is 11.5. The third kappa shape index (κ3) is 2.20. The summed E-state index contributed by atoms with van der Waals surface area (Å²) in [4.78, 5) is -0.0338. The largest absolute Gasteiger partial charge is 0.399 e. The van der Waals surface area contributed by atoms with Crippen molar-refractivity contribution in [3.8, 4) is 0 Å². The Balaban J connectivity index is 3.50. The van der Waals surface area contributed by atoms with Crippen molar-refractivity contribution in [2.45, 2.75) is 4.90 Å². The zero-order valence-electron chi connectivity index (χ0n) is 7.21. The molecular weight excluding hydrogens is 292 g/mol. The van der Waals surface area contributed by atoms with Gasteiger partial charge in [0.1, 0.15) is 4.90 Å². The molecule has 0 spiro atoms. The topological polar surface area (TPSA) is 72.2 Å². The summed E-state index contributed by atoms with van der Waals surface area (Å²) < 4.78 is 25.5. The molecule has 0 bridgehead atoms. The van der Waals surface area contributed by atoms with Crippen molar-refractivity contribution in [1.29, 1.82) is 0 Å². The van der Waals surface area contributed by atoms with Gasteiger partial charge in [-0.3, -0.25) is 0 Å². The number of hydrogen-bond acceptors (Lipinski definition) is 3. The van der Waals surface area contributed by atoms with Crippen molar-refractivity contribution in [3.63, 3.8) is 0 Å². The molecule has 0 amide bonds. The van der Waals surface area contributed by atoms with Gasteiger partial charge in [-0.1, -0.05) is 11.6 Å². The standard InChI is InChI=1S/C7H8BrClN2O2S/c1-11-14(12,13)6-3-4(10)2-5(8)7(6)9/h2-3,11H,10H2,1H3. The molecule has 0 radical (unpaired) electrons. The highest BCUT2D eigenvalue weighted by Gasteiger charge is 2.18. The molecule has 1 rings (SSSR count). The molecule has 14 heavy (non-hydrogen) atoms. The number of nitrogens with one attached hydrogen (secondary N) is 1. The first-order valence-electron chi connectivity index (χ1n) is 3.56. The fraction of sp³-hybridized carbons (Fsp3) is 0.143. The zero-order valence-corrected chi connectivity index (χ0v) is 10.4. The molecule has 0 atom stereocenters. The van der Waals surface area contributed by atoms with Crippen molar-refractivity contribution >= 4 is 43.2 Å². The highest BCUT2D eigenvalue weighted by Crippen LogP contribution is 2.31. The third-order valence-corrected chi connectivity index (χ3v) is 4.39. The molecule has 4 nitrogen and oxygen atoms in total. The Morgan fingerprint density at radius 2 is 2.07 bits per heavy atom. The van der Waals surface area contributed by atoms with Crippen LogP contribution in [-0.2, 0) is 10.0 Å². The average molecular weight is 300 g/mol. The Hall–Kier alpha value is -0.300. The Labute approximate surface area is 95.6 Å². The minimum Gasteiger partial charge on any atom is -0.399 e. The van der Waals surface area contributed by atoms with Gasteiger partial charge in [0.15, 0.2) is 0 Å². The normalized spacial score (nSPS) is 11.6. The van der Waals surface area contributed by atoms with E-state index in [2.05, 4.69) is 20.7 Å². The molecule has 3 N–H and O–H groups in total. The van der Waals surface area contributed by atoms with Crippen molar-refractivity contribution in [1.82, 2.24) is 4.72 Å². The van der Waals surface area contributed by atoms with Crippen LogP contribution in [0.3, 0.4) is 0 Å². The molecule has 0 unspecified atom stereocenters. The van der Waals surface area contributed by atoms with Gasteiger partial charge in [-0.05, 0) is 35.1 Å². The van der Waals surface area contributed by atoms with Crippen LogP contribution >= 0.6 is 27.5 Å². The zero-order chi connectivity index (χ0) is 10.9. The minimum atomic E-state index is -3.57. The highest BCUT2D eigenvalue weighted by molar-refractivity contribution is 9.10. The molecule has 0 saturated carbocycles. The minimum absolute atomic E-state index is 0.0338. The molecule has 1 aromatic carbocycles. The van der Waals surface area contributed by atoms with Crippen LogP contribution in [0.15, 0.2) is 21.5 Å². The first-order valence-corrected chi connectivity index (χ1v) is 6.22. The molecule has 78 valence electrons. The number of hydrogen-bond donors (Lipinski definition) is 2. The fourth-order valence-electron chi connectivity index (χ4n) is 0.889. The Morgan fingerprint density at radius 3 is 2.57 bits per heavy atom. The van der Waals surface area contributed by atoms with Crippen LogP contribution in [0.5, 0.6) is 0 Å². The van der Waals surface area contributed by atoms with Crippen molar-refractivity contribution in [2.75, 3.05) is 12.8 Å². The Morgan fingerprint density at radius 1 is 1.50 bits per heavy atom. The van der Waals surface area contributed by atoms with Crippen LogP contribution in [0.1, 0.15) is 0 Å². The molecule has 0 heterocycles. The second-order valence-corrected chi connectivity index (χ2v) is 5.61. The highest BCUT2D eigenvalue weighted by atomic mass is 79.9.